The normalized spacial score (nSPS) is 12.4. The SMILES string of the molecule is COCCOc1ccc(C(Br)c2ccc(Cl)o2)cc1Br. The van der Waals surface area contributed by atoms with Gasteiger partial charge in [-0.3, -0.25) is 0 Å². The number of hydrogen-bond donors (Lipinski definition) is 0. The standard InChI is InChI=1S/C14H13Br2ClO3/c1-18-6-7-19-11-3-2-9(8-10(11)15)14(16)12-4-5-13(17)20-12/h2-5,8,14H,6-7H2,1H3. The molecule has 1 unspecified atom stereocenters. The number of ether oxygens (including phenoxy) is 2. The van der Waals surface area contributed by atoms with Gasteiger partial charge >= 0.3 is 0 Å². The van der Waals surface area contributed by atoms with Crippen molar-refractivity contribution in [2.75, 3.05) is 20.3 Å². The topological polar surface area (TPSA) is 31.6 Å². The third-order valence-electron chi connectivity index (χ3n) is 2.64. The second-order valence-corrected chi connectivity index (χ2v) is 6.18. The van der Waals surface area contributed by atoms with E-state index >= 15 is 0 Å². The molecule has 2 rings (SSSR count). The maximum absolute atomic E-state index is 5.79. The van der Waals surface area contributed by atoms with Crippen molar-refractivity contribution in [1.82, 2.24) is 0 Å². The molecule has 0 aliphatic heterocycles. The van der Waals surface area contributed by atoms with Crippen molar-refractivity contribution in [2.24, 2.45) is 0 Å². The maximum Gasteiger partial charge on any atom is 0.193 e. The molecule has 0 fully saturated rings. The van der Waals surface area contributed by atoms with Crippen LogP contribution in [0.3, 0.4) is 0 Å². The molecular weight excluding hydrogens is 411 g/mol. The second kappa shape index (κ2) is 7.50. The van der Waals surface area contributed by atoms with Gasteiger partial charge in [-0.25, -0.2) is 0 Å². The average Bonchev–Trinajstić information content (AvgIpc) is 2.86. The van der Waals surface area contributed by atoms with E-state index < -0.39 is 0 Å². The molecule has 0 aliphatic carbocycles. The summed E-state index contributed by atoms with van der Waals surface area (Å²) in [5.41, 5.74) is 1.04. The van der Waals surface area contributed by atoms with Crippen molar-refractivity contribution in [3.63, 3.8) is 0 Å². The van der Waals surface area contributed by atoms with Crippen LogP contribution in [-0.4, -0.2) is 20.3 Å². The van der Waals surface area contributed by atoms with E-state index in [1.165, 1.54) is 0 Å². The van der Waals surface area contributed by atoms with E-state index in [2.05, 4.69) is 31.9 Å². The second-order valence-electron chi connectivity index (χ2n) is 4.04. The van der Waals surface area contributed by atoms with Crippen molar-refractivity contribution < 1.29 is 13.9 Å². The van der Waals surface area contributed by atoms with Gasteiger partial charge in [-0.05, 0) is 57.4 Å². The van der Waals surface area contributed by atoms with Crippen LogP contribution >= 0.6 is 43.5 Å². The molecule has 0 aliphatic rings. The quantitative estimate of drug-likeness (QED) is 0.472. The number of furan rings is 1. The van der Waals surface area contributed by atoms with Gasteiger partial charge in [0.15, 0.2) is 5.22 Å². The molecule has 2 aromatic rings. The van der Waals surface area contributed by atoms with E-state index in [1.807, 2.05) is 24.3 Å². The van der Waals surface area contributed by atoms with Gasteiger partial charge in [-0.1, -0.05) is 22.0 Å². The molecule has 3 nitrogen and oxygen atoms in total. The first-order valence-corrected chi connectivity index (χ1v) is 8.01. The van der Waals surface area contributed by atoms with Crippen molar-refractivity contribution >= 4 is 43.5 Å². The zero-order chi connectivity index (χ0) is 14.5. The van der Waals surface area contributed by atoms with Crippen LogP contribution in [0.15, 0.2) is 39.2 Å². The molecule has 108 valence electrons. The van der Waals surface area contributed by atoms with Gasteiger partial charge in [0.2, 0.25) is 0 Å². The summed E-state index contributed by atoms with van der Waals surface area (Å²) in [6.07, 6.45) is 0. The summed E-state index contributed by atoms with van der Waals surface area (Å²) in [7, 11) is 1.64. The smallest absolute Gasteiger partial charge is 0.193 e. The van der Waals surface area contributed by atoms with Crippen molar-refractivity contribution in [3.05, 3.63) is 51.3 Å². The highest BCUT2D eigenvalue weighted by Gasteiger charge is 2.16. The van der Waals surface area contributed by atoms with E-state index in [0.29, 0.717) is 18.4 Å². The minimum Gasteiger partial charge on any atom is -0.490 e. The van der Waals surface area contributed by atoms with Crippen LogP contribution in [0.25, 0.3) is 0 Å². The summed E-state index contributed by atoms with van der Waals surface area (Å²) in [5, 5.41) is 0.378. The van der Waals surface area contributed by atoms with Gasteiger partial charge in [-0.15, -0.1) is 0 Å². The highest BCUT2D eigenvalue weighted by atomic mass is 79.9. The number of alkyl halides is 1. The monoisotopic (exact) mass is 422 g/mol. The molecule has 0 radical (unpaired) electrons. The lowest BCUT2D eigenvalue weighted by molar-refractivity contribution is 0.146. The van der Waals surface area contributed by atoms with Crippen LogP contribution < -0.4 is 4.74 Å². The predicted octanol–water partition coefficient (Wildman–Crippen LogP) is 5.21. The number of benzene rings is 1. The summed E-state index contributed by atoms with van der Waals surface area (Å²) in [5.74, 6) is 1.54. The largest absolute Gasteiger partial charge is 0.490 e. The molecule has 0 saturated heterocycles. The fourth-order valence-corrected chi connectivity index (χ4v) is 2.85. The Bertz CT molecular complexity index is 571. The maximum atomic E-state index is 5.79. The van der Waals surface area contributed by atoms with Crippen LogP contribution in [0.4, 0.5) is 0 Å². The third kappa shape index (κ3) is 4.01. The van der Waals surface area contributed by atoms with Gasteiger partial charge < -0.3 is 13.9 Å². The first-order chi connectivity index (χ1) is 9.61. The lowest BCUT2D eigenvalue weighted by Crippen LogP contribution is -2.04. The first-order valence-electron chi connectivity index (χ1n) is 5.92. The van der Waals surface area contributed by atoms with E-state index in [-0.39, 0.29) is 4.83 Å². The summed E-state index contributed by atoms with van der Waals surface area (Å²) >= 11 is 12.9. The summed E-state index contributed by atoms with van der Waals surface area (Å²) in [6, 6.07) is 9.44. The molecule has 1 aromatic carbocycles. The predicted molar refractivity (Wildman–Crippen MR) is 86.0 cm³/mol. The minimum absolute atomic E-state index is 0.0562. The van der Waals surface area contributed by atoms with Crippen molar-refractivity contribution in [2.45, 2.75) is 4.83 Å². The van der Waals surface area contributed by atoms with E-state index in [1.54, 1.807) is 13.2 Å². The molecular formula is C14H13Br2ClO3. The van der Waals surface area contributed by atoms with E-state index in [0.717, 1.165) is 21.5 Å². The summed E-state index contributed by atoms with van der Waals surface area (Å²) < 4.78 is 16.8. The van der Waals surface area contributed by atoms with Gasteiger partial charge in [0, 0.05) is 7.11 Å². The number of halogens is 3. The fourth-order valence-electron chi connectivity index (χ4n) is 1.66. The van der Waals surface area contributed by atoms with E-state index in [4.69, 9.17) is 25.5 Å². The zero-order valence-corrected chi connectivity index (χ0v) is 14.7. The van der Waals surface area contributed by atoms with Gasteiger partial charge in [0.25, 0.3) is 0 Å². The molecule has 0 bridgehead atoms. The third-order valence-corrected chi connectivity index (χ3v) is 4.44. The Labute approximate surface area is 139 Å². The van der Waals surface area contributed by atoms with Crippen molar-refractivity contribution in [3.8, 4) is 5.75 Å². The highest BCUT2D eigenvalue weighted by molar-refractivity contribution is 9.10. The molecule has 0 spiro atoms. The average molecular weight is 425 g/mol. The molecule has 1 heterocycles. The molecule has 6 heteroatoms. The Hall–Kier alpha value is -0.490. The van der Waals surface area contributed by atoms with Crippen molar-refractivity contribution in [1.29, 1.82) is 0 Å². The number of rotatable bonds is 6. The first kappa shape index (κ1) is 15.9. The Balaban J connectivity index is 2.12. The molecule has 1 atom stereocenters. The molecule has 0 N–H and O–H groups in total. The van der Waals surface area contributed by atoms with Crippen LogP contribution in [0.2, 0.25) is 5.22 Å². The van der Waals surface area contributed by atoms with E-state index in [9.17, 15) is 0 Å². The van der Waals surface area contributed by atoms with Crippen LogP contribution in [0.1, 0.15) is 16.2 Å². The molecule has 20 heavy (non-hydrogen) atoms. The Kier molecular flexibility index (Phi) is 5.96. The highest BCUT2D eigenvalue weighted by Crippen LogP contribution is 2.36. The van der Waals surface area contributed by atoms with Gasteiger partial charge in [0.05, 0.1) is 15.9 Å². The number of methoxy groups -OCH3 is 1. The summed E-state index contributed by atoms with van der Waals surface area (Å²) in [4.78, 5) is -0.0562. The lowest BCUT2D eigenvalue weighted by atomic mass is 10.1. The zero-order valence-electron chi connectivity index (χ0n) is 10.7. The van der Waals surface area contributed by atoms with Gasteiger partial charge in [-0.2, -0.15) is 0 Å². The Morgan fingerprint density at radius 3 is 2.65 bits per heavy atom. The molecule has 0 saturated carbocycles. The lowest BCUT2D eigenvalue weighted by Gasteiger charge is -2.12. The van der Waals surface area contributed by atoms with Crippen LogP contribution in [-0.2, 0) is 4.74 Å². The number of hydrogen-bond acceptors (Lipinski definition) is 3. The summed E-state index contributed by atoms with van der Waals surface area (Å²) in [6.45, 7) is 1.07. The van der Waals surface area contributed by atoms with Gasteiger partial charge in [0.1, 0.15) is 18.1 Å². The fraction of sp³-hybridized carbons (Fsp3) is 0.286. The van der Waals surface area contributed by atoms with Crippen LogP contribution in [0, 0.1) is 0 Å². The van der Waals surface area contributed by atoms with Crippen LogP contribution in [0.5, 0.6) is 5.75 Å². The molecule has 0 amide bonds. The minimum atomic E-state index is -0.0562. The Morgan fingerprint density at radius 2 is 2.05 bits per heavy atom. The Morgan fingerprint density at radius 1 is 1.25 bits per heavy atom. The molecule has 1 aromatic heterocycles.